The summed E-state index contributed by atoms with van der Waals surface area (Å²) in [5.41, 5.74) is 5.23. The van der Waals surface area contributed by atoms with Crippen LogP contribution in [0.1, 0.15) is 51.9 Å². The summed E-state index contributed by atoms with van der Waals surface area (Å²) in [6.07, 6.45) is 5.31. The van der Waals surface area contributed by atoms with Gasteiger partial charge in [0.2, 0.25) is 0 Å². The molecule has 0 amide bonds. The van der Waals surface area contributed by atoms with Gasteiger partial charge in [-0.3, -0.25) is 9.62 Å². The lowest BCUT2D eigenvalue weighted by Crippen LogP contribution is -2.32. The van der Waals surface area contributed by atoms with Crippen LogP contribution in [-0.4, -0.2) is 44.0 Å². The Hall–Kier alpha value is -3.36. The fraction of sp³-hybridized carbons (Fsp3) is 0.345. The first-order valence-corrected chi connectivity index (χ1v) is 14.4. The van der Waals surface area contributed by atoms with E-state index in [0.717, 1.165) is 62.9 Å². The molecule has 7 nitrogen and oxygen atoms in total. The first kappa shape index (κ1) is 25.3. The third-order valence-corrected chi connectivity index (χ3v) is 8.77. The number of aromatic carboxylic acids is 1. The maximum Gasteiger partial charge on any atom is 0.338 e. The maximum absolute atomic E-state index is 13.4. The Kier molecular flexibility index (Phi) is 7.48. The molecule has 5 rings (SSSR count). The zero-order chi connectivity index (χ0) is 25.8. The van der Waals surface area contributed by atoms with E-state index >= 15 is 0 Å². The molecule has 0 atom stereocenters. The number of sulfonamides is 1. The molecule has 1 heterocycles. The van der Waals surface area contributed by atoms with Crippen molar-refractivity contribution in [2.24, 2.45) is 0 Å². The van der Waals surface area contributed by atoms with E-state index in [1.54, 1.807) is 30.3 Å². The summed E-state index contributed by atoms with van der Waals surface area (Å²) in [6.45, 7) is 3.52. The van der Waals surface area contributed by atoms with Crippen LogP contribution in [-0.2, 0) is 35.8 Å². The van der Waals surface area contributed by atoms with Crippen LogP contribution >= 0.6 is 0 Å². The van der Waals surface area contributed by atoms with E-state index < -0.39 is 16.0 Å². The Balaban J connectivity index is 1.26. The number of carbonyl (C=O) groups is 1. The molecule has 0 bridgehead atoms. The zero-order valence-corrected chi connectivity index (χ0v) is 21.7. The van der Waals surface area contributed by atoms with Gasteiger partial charge in [0.15, 0.2) is 0 Å². The van der Waals surface area contributed by atoms with E-state index in [1.165, 1.54) is 11.1 Å². The van der Waals surface area contributed by atoms with Gasteiger partial charge in [-0.2, -0.15) is 0 Å². The predicted octanol–water partition coefficient (Wildman–Crippen LogP) is 4.92. The Bertz CT molecular complexity index is 1400. The van der Waals surface area contributed by atoms with Crippen LogP contribution in [0.25, 0.3) is 0 Å². The van der Waals surface area contributed by atoms with E-state index in [4.69, 9.17) is 0 Å². The lowest BCUT2D eigenvalue weighted by molar-refractivity contribution is 0.0696. The molecule has 37 heavy (non-hydrogen) atoms. The minimum absolute atomic E-state index is 0.0642. The number of nitrogens with zero attached hydrogens (tertiary/aromatic N) is 1. The van der Waals surface area contributed by atoms with E-state index in [9.17, 15) is 18.3 Å². The summed E-state index contributed by atoms with van der Waals surface area (Å²) in [4.78, 5) is 14.6. The molecule has 2 aliphatic rings. The van der Waals surface area contributed by atoms with E-state index in [0.29, 0.717) is 18.7 Å². The number of hydrogen-bond acceptors (Lipinski definition) is 5. The molecular weight excluding hydrogens is 486 g/mol. The number of benzene rings is 3. The van der Waals surface area contributed by atoms with Gasteiger partial charge in [-0.15, -0.1) is 0 Å². The van der Waals surface area contributed by atoms with Gasteiger partial charge in [-0.05, 0) is 79.0 Å². The van der Waals surface area contributed by atoms with Gasteiger partial charge in [0.1, 0.15) is 4.90 Å². The third-order valence-electron chi connectivity index (χ3n) is 7.34. The van der Waals surface area contributed by atoms with Gasteiger partial charge in [0.05, 0.1) is 16.9 Å². The summed E-state index contributed by atoms with van der Waals surface area (Å²) in [7, 11) is -4.00. The van der Waals surface area contributed by atoms with Gasteiger partial charge in [0.25, 0.3) is 10.0 Å². The summed E-state index contributed by atoms with van der Waals surface area (Å²) in [5, 5.41) is 13.2. The van der Waals surface area contributed by atoms with Crippen molar-refractivity contribution < 1.29 is 18.3 Å². The Morgan fingerprint density at radius 3 is 2.46 bits per heavy atom. The molecule has 3 N–H and O–H groups in total. The van der Waals surface area contributed by atoms with Crippen LogP contribution in [0.4, 0.5) is 11.4 Å². The normalized spacial score (nSPS) is 15.5. The average Bonchev–Trinajstić information content (AvgIpc) is 2.90. The number of hydrogen-bond donors (Lipinski definition) is 3. The standard InChI is InChI=1S/C29H33N3O4S/c33-29(34)28-24-11-4-3-9-22(24)14-15-26(28)31-37(35,36)27-13-6-5-12-25(27)30-17-7-18-32-19-16-21-8-1-2-10-23(21)20-32/h1-2,5-6,8,10,12-15,30-31H,3-4,7,9,11,16-20H2,(H,33,34). The van der Waals surface area contributed by atoms with Crippen molar-refractivity contribution in [2.75, 3.05) is 29.7 Å². The highest BCUT2D eigenvalue weighted by Crippen LogP contribution is 2.32. The fourth-order valence-corrected chi connectivity index (χ4v) is 6.73. The van der Waals surface area contributed by atoms with Crippen LogP contribution < -0.4 is 10.0 Å². The van der Waals surface area contributed by atoms with Gasteiger partial charge in [-0.1, -0.05) is 42.5 Å². The number of carboxylic acids is 1. The molecule has 0 saturated heterocycles. The van der Waals surface area contributed by atoms with Crippen molar-refractivity contribution in [1.29, 1.82) is 0 Å². The Morgan fingerprint density at radius 1 is 0.865 bits per heavy atom. The number of carboxylic acid groups (broad SMARTS) is 1. The second-order valence-corrected chi connectivity index (χ2v) is 11.5. The highest BCUT2D eigenvalue weighted by Gasteiger charge is 2.26. The summed E-state index contributed by atoms with van der Waals surface area (Å²) >= 11 is 0. The van der Waals surface area contributed by atoms with Crippen molar-refractivity contribution in [3.05, 3.63) is 88.5 Å². The van der Waals surface area contributed by atoms with Crippen molar-refractivity contribution in [1.82, 2.24) is 4.90 Å². The molecule has 0 saturated carbocycles. The van der Waals surface area contributed by atoms with Gasteiger partial charge in [-0.25, -0.2) is 13.2 Å². The summed E-state index contributed by atoms with van der Waals surface area (Å²) in [6, 6.07) is 18.8. The highest BCUT2D eigenvalue weighted by molar-refractivity contribution is 7.92. The van der Waals surface area contributed by atoms with Crippen molar-refractivity contribution in [3.8, 4) is 0 Å². The largest absolute Gasteiger partial charge is 0.478 e. The minimum Gasteiger partial charge on any atom is -0.478 e. The number of aryl methyl sites for hydroxylation is 1. The summed E-state index contributed by atoms with van der Waals surface area (Å²) < 4.78 is 29.4. The highest BCUT2D eigenvalue weighted by atomic mass is 32.2. The van der Waals surface area contributed by atoms with Gasteiger partial charge < -0.3 is 10.4 Å². The molecule has 1 aliphatic carbocycles. The number of fused-ring (bicyclic) bond motifs is 2. The minimum atomic E-state index is -4.00. The molecule has 0 unspecified atom stereocenters. The Labute approximate surface area is 218 Å². The van der Waals surface area contributed by atoms with Crippen LogP contribution in [0, 0.1) is 0 Å². The molecular formula is C29H33N3O4S. The first-order chi connectivity index (χ1) is 17.9. The van der Waals surface area contributed by atoms with Gasteiger partial charge >= 0.3 is 5.97 Å². The first-order valence-electron chi connectivity index (χ1n) is 13.0. The Morgan fingerprint density at radius 2 is 1.62 bits per heavy atom. The SMILES string of the molecule is O=C(O)c1c(NS(=O)(=O)c2ccccc2NCCCN2CCc3ccccc3C2)ccc2c1CCCC2. The topological polar surface area (TPSA) is 98.7 Å². The molecule has 0 spiro atoms. The van der Waals surface area contributed by atoms with Crippen LogP contribution in [0.2, 0.25) is 0 Å². The number of anilines is 2. The molecule has 194 valence electrons. The lowest BCUT2D eigenvalue weighted by Gasteiger charge is -2.28. The van der Waals surface area contributed by atoms with E-state index in [2.05, 4.69) is 39.2 Å². The number of para-hydroxylation sites is 1. The van der Waals surface area contributed by atoms with E-state index in [-0.39, 0.29) is 16.1 Å². The van der Waals surface area contributed by atoms with Gasteiger partial charge in [0, 0.05) is 26.2 Å². The zero-order valence-electron chi connectivity index (χ0n) is 20.9. The van der Waals surface area contributed by atoms with Crippen molar-refractivity contribution >= 4 is 27.4 Å². The monoisotopic (exact) mass is 519 g/mol. The lowest BCUT2D eigenvalue weighted by atomic mass is 9.87. The quantitative estimate of drug-likeness (QED) is 0.347. The molecule has 3 aromatic rings. The van der Waals surface area contributed by atoms with Crippen LogP contribution in [0.15, 0.2) is 65.6 Å². The predicted molar refractivity (Wildman–Crippen MR) is 146 cm³/mol. The maximum atomic E-state index is 13.4. The molecule has 0 fully saturated rings. The molecule has 0 aromatic heterocycles. The molecule has 8 heteroatoms. The second-order valence-electron chi connectivity index (χ2n) is 9.81. The number of nitrogens with one attached hydrogen (secondary N) is 2. The van der Waals surface area contributed by atoms with E-state index in [1.807, 2.05) is 6.07 Å². The fourth-order valence-electron chi connectivity index (χ4n) is 5.47. The third kappa shape index (κ3) is 5.65. The van der Waals surface area contributed by atoms with Crippen LogP contribution in [0.5, 0.6) is 0 Å². The number of rotatable bonds is 9. The second kappa shape index (κ2) is 10.9. The molecule has 3 aromatic carbocycles. The average molecular weight is 520 g/mol. The van der Waals surface area contributed by atoms with Crippen LogP contribution in [0.3, 0.4) is 0 Å². The molecule has 1 aliphatic heterocycles. The molecule has 0 radical (unpaired) electrons. The smallest absolute Gasteiger partial charge is 0.338 e. The van der Waals surface area contributed by atoms with Crippen molar-refractivity contribution in [3.63, 3.8) is 0 Å². The van der Waals surface area contributed by atoms with Crippen molar-refractivity contribution in [2.45, 2.75) is 50.0 Å². The summed E-state index contributed by atoms with van der Waals surface area (Å²) in [5.74, 6) is -1.11.